The lowest BCUT2D eigenvalue weighted by Gasteiger charge is -2.37. The number of unbranched alkanes of at least 4 members (excludes halogenated alkanes) is 1. The van der Waals surface area contributed by atoms with Gasteiger partial charge in [0.15, 0.2) is 5.65 Å². The number of fused-ring (bicyclic) bond motifs is 1. The van der Waals surface area contributed by atoms with E-state index in [0.29, 0.717) is 19.0 Å². The molecule has 3 aromatic rings. The lowest BCUT2D eigenvalue weighted by molar-refractivity contribution is -0.136. The van der Waals surface area contributed by atoms with E-state index >= 15 is 0 Å². The van der Waals surface area contributed by atoms with Crippen molar-refractivity contribution < 1.29 is 9.18 Å². The van der Waals surface area contributed by atoms with E-state index < -0.39 is 0 Å². The van der Waals surface area contributed by atoms with Gasteiger partial charge in [0.05, 0.1) is 16.8 Å². The number of carbonyl (C=O) groups is 1. The molecule has 0 spiro atoms. The summed E-state index contributed by atoms with van der Waals surface area (Å²) >= 11 is 0. The minimum Gasteiger partial charge on any atom is -0.352 e. The molecule has 2 aromatic heterocycles. The molecule has 0 aliphatic carbocycles. The summed E-state index contributed by atoms with van der Waals surface area (Å²) in [5, 5.41) is 5.67. The second-order valence-corrected chi connectivity index (χ2v) is 9.45. The first-order chi connectivity index (χ1) is 17.0. The zero-order valence-corrected chi connectivity index (χ0v) is 21.4. The highest BCUT2D eigenvalue weighted by Gasteiger charge is 2.29. The lowest BCUT2D eigenvalue weighted by atomic mass is 9.97. The Bertz CT molecular complexity index is 1150. The largest absolute Gasteiger partial charge is 0.352 e. The summed E-state index contributed by atoms with van der Waals surface area (Å²) in [6, 6.07) is 6.31. The number of rotatable bonds is 9. The van der Waals surface area contributed by atoms with Crippen LogP contribution >= 0.6 is 0 Å². The van der Waals surface area contributed by atoms with Crippen LogP contribution in [0.25, 0.3) is 16.7 Å². The lowest BCUT2D eigenvalue weighted by Crippen LogP contribution is -2.50. The number of hydrogen-bond donors (Lipinski definition) is 0. The van der Waals surface area contributed by atoms with Crippen molar-refractivity contribution in [3.8, 4) is 5.69 Å². The smallest absolute Gasteiger partial charge is 0.225 e. The van der Waals surface area contributed by atoms with E-state index in [1.807, 2.05) is 11.8 Å². The summed E-state index contributed by atoms with van der Waals surface area (Å²) in [7, 11) is 0. The number of hydrogen-bond acceptors (Lipinski definition) is 5. The van der Waals surface area contributed by atoms with Crippen molar-refractivity contribution in [3.63, 3.8) is 0 Å². The van der Waals surface area contributed by atoms with Gasteiger partial charge in [-0.2, -0.15) is 5.10 Å². The molecule has 1 aliphatic rings. The van der Waals surface area contributed by atoms with Crippen molar-refractivity contribution in [1.29, 1.82) is 0 Å². The Hall–Kier alpha value is -3.03. The molecule has 1 atom stereocenters. The zero-order valence-electron chi connectivity index (χ0n) is 21.4. The monoisotopic (exact) mass is 480 g/mol. The quantitative estimate of drug-likeness (QED) is 0.427. The topological polar surface area (TPSA) is 67.2 Å². The fourth-order valence-electron chi connectivity index (χ4n) is 4.88. The van der Waals surface area contributed by atoms with E-state index in [2.05, 4.69) is 25.7 Å². The second kappa shape index (κ2) is 11.1. The van der Waals surface area contributed by atoms with Crippen molar-refractivity contribution in [2.45, 2.75) is 66.2 Å². The first-order valence-corrected chi connectivity index (χ1v) is 13.0. The molecule has 35 heavy (non-hydrogen) atoms. The van der Waals surface area contributed by atoms with E-state index in [1.165, 1.54) is 12.1 Å². The summed E-state index contributed by atoms with van der Waals surface area (Å²) in [5.74, 6) is 1.80. The maximum Gasteiger partial charge on any atom is 0.225 e. The predicted molar refractivity (Wildman–Crippen MR) is 137 cm³/mol. The van der Waals surface area contributed by atoms with Crippen LogP contribution in [0.5, 0.6) is 0 Å². The highest BCUT2D eigenvalue weighted by molar-refractivity contribution is 5.91. The van der Waals surface area contributed by atoms with E-state index in [0.717, 1.165) is 85.7 Å². The number of benzene rings is 1. The van der Waals surface area contributed by atoms with Gasteiger partial charge in [0.2, 0.25) is 5.91 Å². The van der Waals surface area contributed by atoms with Gasteiger partial charge in [-0.1, -0.05) is 33.6 Å². The molecule has 8 heteroatoms. The number of nitrogens with zero attached hydrogens (tertiary/aromatic N) is 6. The molecule has 0 saturated carbocycles. The molecule has 0 unspecified atom stereocenters. The van der Waals surface area contributed by atoms with Crippen LogP contribution in [0.15, 0.2) is 24.3 Å². The third-order valence-corrected chi connectivity index (χ3v) is 6.91. The molecule has 7 nitrogen and oxygen atoms in total. The Morgan fingerprint density at radius 1 is 1.03 bits per heavy atom. The molecule has 4 rings (SSSR count). The third kappa shape index (κ3) is 5.31. The number of aryl methyl sites for hydroxylation is 2. The molecule has 0 N–H and O–H groups in total. The maximum atomic E-state index is 13.5. The molecule has 1 amide bonds. The molecule has 188 valence electrons. The first kappa shape index (κ1) is 25.1. The molecule has 1 aliphatic heterocycles. The molecule has 1 saturated heterocycles. The molecule has 3 heterocycles. The summed E-state index contributed by atoms with van der Waals surface area (Å²) < 4.78 is 15.3. The van der Waals surface area contributed by atoms with Gasteiger partial charge in [-0.3, -0.25) is 4.79 Å². The van der Waals surface area contributed by atoms with E-state index in [1.54, 1.807) is 16.8 Å². The van der Waals surface area contributed by atoms with Gasteiger partial charge in [0.1, 0.15) is 17.5 Å². The van der Waals surface area contributed by atoms with Gasteiger partial charge in [0.25, 0.3) is 0 Å². The average molecular weight is 481 g/mol. The summed E-state index contributed by atoms with van der Waals surface area (Å²) in [6.07, 6.45) is 5.79. The van der Waals surface area contributed by atoms with E-state index in [9.17, 15) is 9.18 Å². The first-order valence-electron chi connectivity index (χ1n) is 13.0. The second-order valence-electron chi connectivity index (χ2n) is 9.45. The third-order valence-electron chi connectivity index (χ3n) is 6.91. The molecule has 1 fully saturated rings. The molecule has 0 bridgehead atoms. The van der Waals surface area contributed by atoms with Crippen molar-refractivity contribution in [2.24, 2.45) is 5.92 Å². The van der Waals surface area contributed by atoms with Crippen molar-refractivity contribution in [2.75, 3.05) is 31.1 Å². The van der Waals surface area contributed by atoms with Crippen LogP contribution in [0.1, 0.15) is 64.4 Å². The molecular weight excluding hydrogens is 443 g/mol. The van der Waals surface area contributed by atoms with Crippen LogP contribution < -0.4 is 4.90 Å². The SMILES string of the molecule is CCCC[C@@H](CC)C(=O)N1CCN(c2nc(CCC)nc3c2c(C)nn3-c2ccc(F)cc2)CC1. The van der Waals surface area contributed by atoms with Gasteiger partial charge in [-0.05, 0) is 50.5 Å². The van der Waals surface area contributed by atoms with Crippen molar-refractivity contribution >= 4 is 22.8 Å². The predicted octanol–water partition coefficient (Wildman–Crippen LogP) is 5.08. The number of aromatic nitrogens is 4. The highest BCUT2D eigenvalue weighted by atomic mass is 19.1. The molecule has 1 aromatic carbocycles. The fraction of sp³-hybridized carbons (Fsp3) is 0.556. The number of piperazine rings is 1. The van der Waals surface area contributed by atoms with Crippen LogP contribution in [0, 0.1) is 18.7 Å². The van der Waals surface area contributed by atoms with Crippen molar-refractivity contribution in [3.05, 3.63) is 41.6 Å². The van der Waals surface area contributed by atoms with Crippen molar-refractivity contribution in [1.82, 2.24) is 24.6 Å². The normalized spacial score (nSPS) is 15.1. The van der Waals surface area contributed by atoms with Gasteiger partial charge < -0.3 is 9.80 Å². The fourth-order valence-corrected chi connectivity index (χ4v) is 4.88. The maximum absolute atomic E-state index is 13.5. The van der Waals surface area contributed by atoms with E-state index in [-0.39, 0.29) is 11.7 Å². The Balaban J connectivity index is 1.63. The Morgan fingerprint density at radius 3 is 2.37 bits per heavy atom. The van der Waals surface area contributed by atoms with E-state index in [4.69, 9.17) is 15.1 Å². The summed E-state index contributed by atoms with van der Waals surface area (Å²) in [5.41, 5.74) is 2.35. The van der Waals surface area contributed by atoms with Crippen LogP contribution in [0.3, 0.4) is 0 Å². The van der Waals surface area contributed by atoms with Crippen LogP contribution in [-0.4, -0.2) is 56.7 Å². The summed E-state index contributed by atoms with van der Waals surface area (Å²) in [4.78, 5) is 27.2. The zero-order chi connectivity index (χ0) is 24.9. The van der Waals surface area contributed by atoms with Gasteiger partial charge in [-0.15, -0.1) is 0 Å². The Kier molecular flexibility index (Phi) is 7.98. The molecule has 0 radical (unpaired) electrons. The van der Waals surface area contributed by atoms with Crippen LogP contribution in [-0.2, 0) is 11.2 Å². The summed E-state index contributed by atoms with van der Waals surface area (Å²) in [6.45, 7) is 11.2. The van der Waals surface area contributed by atoms with Crippen LogP contribution in [0.4, 0.5) is 10.2 Å². The number of halogens is 1. The minimum absolute atomic E-state index is 0.125. The standard InChI is InChI=1S/C27H37FN6O/c1-5-8-10-20(7-3)27(35)33-17-15-32(16-18-33)25-24-19(4)31-34(22-13-11-21(28)12-14-22)26(24)30-23(29-25)9-6-2/h11-14,20H,5-10,15-18H2,1-4H3/t20-/m1/s1. The average Bonchev–Trinajstić information content (AvgIpc) is 3.21. The van der Waals surface area contributed by atoms with Gasteiger partial charge in [0, 0.05) is 38.5 Å². The number of amides is 1. The number of anilines is 1. The Labute approximate surface area is 207 Å². The Morgan fingerprint density at radius 2 is 1.74 bits per heavy atom. The van der Waals surface area contributed by atoms with Gasteiger partial charge in [-0.25, -0.2) is 19.0 Å². The van der Waals surface area contributed by atoms with Crippen LogP contribution in [0.2, 0.25) is 0 Å². The van der Waals surface area contributed by atoms with Gasteiger partial charge >= 0.3 is 0 Å². The highest BCUT2D eigenvalue weighted by Crippen LogP contribution is 2.30. The number of carbonyl (C=O) groups excluding carboxylic acids is 1. The molecular formula is C27H37FN6O. The minimum atomic E-state index is -0.281.